The Labute approximate surface area is 138 Å². The van der Waals surface area contributed by atoms with E-state index < -0.39 is 5.60 Å². The Balaban J connectivity index is 1.63. The molecule has 1 aliphatic carbocycles. The zero-order valence-electron chi connectivity index (χ0n) is 14.5. The highest BCUT2D eigenvalue weighted by atomic mass is 16.7. The van der Waals surface area contributed by atoms with E-state index in [-0.39, 0.29) is 30.6 Å². The van der Waals surface area contributed by atoms with Crippen molar-refractivity contribution in [2.75, 3.05) is 21.0 Å². The summed E-state index contributed by atoms with van der Waals surface area (Å²) in [6, 6.07) is 0.336. The molecule has 0 aromatic heterocycles. The molecule has 3 heterocycles. The topological polar surface area (TPSA) is 61.6 Å². The van der Waals surface area contributed by atoms with Crippen LogP contribution in [0.1, 0.15) is 33.1 Å². The number of ether oxygens (including phenoxy) is 4. The first kappa shape index (κ1) is 16.2. The van der Waals surface area contributed by atoms with Gasteiger partial charge in [0.15, 0.2) is 6.23 Å². The van der Waals surface area contributed by atoms with Gasteiger partial charge in [-0.05, 0) is 33.1 Å². The van der Waals surface area contributed by atoms with Gasteiger partial charge in [0.05, 0.1) is 36.9 Å². The fourth-order valence-electron chi connectivity index (χ4n) is 5.50. The number of methoxy groups -OCH3 is 1. The average molecular weight is 328 g/mol. The number of likely N-dealkylation sites (tertiary alicyclic amines) is 1. The molecule has 0 aromatic rings. The van der Waals surface area contributed by atoms with Crippen molar-refractivity contribution in [3.63, 3.8) is 0 Å². The van der Waals surface area contributed by atoms with E-state index in [1.54, 1.807) is 0 Å². The zero-order valence-corrected chi connectivity index (χ0v) is 14.5. The molecule has 4 aliphatic rings. The van der Waals surface area contributed by atoms with E-state index in [0.29, 0.717) is 24.7 Å². The van der Waals surface area contributed by atoms with Crippen molar-refractivity contribution in [1.82, 2.24) is 0 Å². The first-order valence-electron chi connectivity index (χ1n) is 8.89. The maximum atomic E-state index is 10.4. The minimum Gasteiger partial charge on any atom is -0.388 e. The van der Waals surface area contributed by atoms with Gasteiger partial charge < -0.3 is 29.0 Å². The Morgan fingerprint density at radius 2 is 1.96 bits per heavy atom. The van der Waals surface area contributed by atoms with Gasteiger partial charge in [-0.15, -0.1) is 0 Å². The van der Waals surface area contributed by atoms with Crippen LogP contribution in [0.15, 0.2) is 0 Å². The molecule has 4 rings (SSSR count). The minimum atomic E-state index is -0.823. The Morgan fingerprint density at radius 3 is 2.65 bits per heavy atom. The van der Waals surface area contributed by atoms with Gasteiger partial charge in [-0.2, -0.15) is 0 Å². The van der Waals surface area contributed by atoms with Crippen LogP contribution < -0.4 is 4.90 Å². The molecule has 23 heavy (non-hydrogen) atoms. The molecular weight excluding hydrogens is 298 g/mol. The van der Waals surface area contributed by atoms with Gasteiger partial charge in [0.2, 0.25) is 0 Å². The highest BCUT2D eigenvalue weighted by Crippen LogP contribution is 2.44. The Morgan fingerprint density at radius 1 is 1.17 bits per heavy atom. The lowest BCUT2D eigenvalue weighted by molar-refractivity contribution is -0.971. The van der Waals surface area contributed by atoms with Gasteiger partial charge in [0, 0.05) is 13.0 Å². The summed E-state index contributed by atoms with van der Waals surface area (Å²) in [6.07, 6.45) is 3.46. The van der Waals surface area contributed by atoms with Crippen molar-refractivity contribution in [1.29, 1.82) is 0 Å². The van der Waals surface area contributed by atoms with Crippen LogP contribution >= 0.6 is 0 Å². The Bertz CT molecular complexity index is 453. The standard InChI is InChI=1S/C17H29NO5/c1-17(2,19)12-7-10-14(20-4)9-5-6-11-15(22-8-21-11)13(9)18(3)16(10)23-12/h9-16,19H,5-8H2,1-4H3/p+1. The van der Waals surface area contributed by atoms with Crippen LogP contribution in [0, 0.1) is 11.8 Å². The molecule has 0 bridgehead atoms. The van der Waals surface area contributed by atoms with E-state index in [2.05, 4.69) is 7.05 Å². The monoisotopic (exact) mass is 328 g/mol. The molecule has 132 valence electrons. The number of nitrogens with one attached hydrogen (secondary N) is 1. The molecule has 6 nitrogen and oxygen atoms in total. The first-order valence-corrected chi connectivity index (χ1v) is 8.89. The van der Waals surface area contributed by atoms with Crippen molar-refractivity contribution in [2.45, 2.75) is 75.4 Å². The molecule has 9 atom stereocenters. The molecule has 0 amide bonds. The highest BCUT2D eigenvalue weighted by Gasteiger charge is 2.62. The average Bonchev–Trinajstić information content (AvgIpc) is 3.13. The second kappa shape index (κ2) is 5.64. The summed E-state index contributed by atoms with van der Waals surface area (Å²) in [5, 5.41) is 10.4. The summed E-state index contributed by atoms with van der Waals surface area (Å²) in [6.45, 7) is 4.08. The van der Waals surface area contributed by atoms with Crippen LogP contribution in [-0.2, 0) is 18.9 Å². The third kappa shape index (κ3) is 2.46. The molecule has 9 unspecified atom stereocenters. The van der Waals surface area contributed by atoms with Crippen molar-refractivity contribution in [3.8, 4) is 0 Å². The fraction of sp³-hybridized carbons (Fsp3) is 1.00. The predicted molar refractivity (Wildman–Crippen MR) is 81.9 cm³/mol. The van der Waals surface area contributed by atoms with Crippen LogP contribution in [-0.4, -0.2) is 68.3 Å². The summed E-state index contributed by atoms with van der Waals surface area (Å²) in [5.74, 6) is 0.796. The minimum absolute atomic E-state index is 0.0561. The third-order valence-corrected chi connectivity index (χ3v) is 6.57. The maximum absolute atomic E-state index is 10.4. The number of likely N-dealkylation sites (N-methyl/N-ethyl adjacent to an activating group) is 1. The molecular formula is C17H30NO5+. The largest absolute Gasteiger partial charge is 0.388 e. The molecule has 0 radical (unpaired) electrons. The second-order valence-corrected chi connectivity index (χ2v) is 8.26. The highest BCUT2D eigenvalue weighted by molar-refractivity contribution is 5.02. The van der Waals surface area contributed by atoms with Crippen molar-refractivity contribution in [2.24, 2.45) is 11.8 Å². The van der Waals surface area contributed by atoms with Crippen molar-refractivity contribution in [3.05, 3.63) is 0 Å². The number of rotatable bonds is 2. The lowest BCUT2D eigenvalue weighted by Gasteiger charge is -2.50. The lowest BCUT2D eigenvalue weighted by Crippen LogP contribution is -3.21. The summed E-state index contributed by atoms with van der Waals surface area (Å²) in [7, 11) is 4.02. The number of hydrogen-bond donors (Lipinski definition) is 2. The molecule has 2 N–H and O–H groups in total. The van der Waals surface area contributed by atoms with Crippen molar-refractivity contribution < 1.29 is 29.0 Å². The molecule has 3 aliphatic heterocycles. The number of quaternary nitrogens is 1. The Hall–Kier alpha value is -0.240. The lowest BCUT2D eigenvalue weighted by atomic mass is 9.69. The van der Waals surface area contributed by atoms with E-state index >= 15 is 0 Å². The fourth-order valence-corrected chi connectivity index (χ4v) is 5.50. The van der Waals surface area contributed by atoms with E-state index in [1.807, 2.05) is 21.0 Å². The summed E-state index contributed by atoms with van der Waals surface area (Å²) in [4.78, 5) is 1.36. The van der Waals surface area contributed by atoms with Gasteiger partial charge in [0.1, 0.15) is 18.9 Å². The summed E-state index contributed by atoms with van der Waals surface area (Å²) in [5.41, 5.74) is -0.823. The van der Waals surface area contributed by atoms with Crippen LogP contribution in [0.2, 0.25) is 0 Å². The van der Waals surface area contributed by atoms with Gasteiger partial charge in [-0.3, -0.25) is 0 Å². The number of fused-ring (bicyclic) bond motifs is 4. The van der Waals surface area contributed by atoms with E-state index in [4.69, 9.17) is 18.9 Å². The normalized spacial score (nSPS) is 52.8. The Kier molecular flexibility index (Phi) is 3.99. The smallest absolute Gasteiger partial charge is 0.197 e. The van der Waals surface area contributed by atoms with Crippen LogP contribution in [0.3, 0.4) is 0 Å². The van der Waals surface area contributed by atoms with E-state index in [9.17, 15) is 5.11 Å². The quantitative estimate of drug-likeness (QED) is 0.719. The molecule has 0 aromatic carbocycles. The van der Waals surface area contributed by atoms with Gasteiger partial charge in [-0.25, -0.2) is 0 Å². The zero-order chi connectivity index (χ0) is 16.4. The van der Waals surface area contributed by atoms with Crippen LogP contribution in [0.25, 0.3) is 0 Å². The summed E-state index contributed by atoms with van der Waals surface area (Å²) < 4.78 is 24.0. The molecule has 6 heteroatoms. The van der Waals surface area contributed by atoms with E-state index in [0.717, 1.165) is 19.3 Å². The summed E-state index contributed by atoms with van der Waals surface area (Å²) >= 11 is 0. The third-order valence-electron chi connectivity index (χ3n) is 6.57. The molecule has 0 spiro atoms. The molecule has 3 saturated heterocycles. The maximum Gasteiger partial charge on any atom is 0.197 e. The van der Waals surface area contributed by atoms with Crippen LogP contribution in [0.4, 0.5) is 0 Å². The molecule has 4 fully saturated rings. The van der Waals surface area contributed by atoms with Gasteiger partial charge in [0.25, 0.3) is 0 Å². The van der Waals surface area contributed by atoms with Gasteiger partial charge in [-0.1, -0.05) is 0 Å². The predicted octanol–water partition coefficient (Wildman–Crippen LogP) is -0.448. The SMILES string of the molecule is COC1C2CC(C(C)(C)O)OC2[NH+](C)C2C1CCC1OCOC12. The van der Waals surface area contributed by atoms with Crippen molar-refractivity contribution >= 4 is 0 Å². The molecule has 1 saturated carbocycles. The van der Waals surface area contributed by atoms with Gasteiger partial charge >= 0.3 is 0 Å². The number of hydrogen-bond acceptors (Lipinski definition) is 5. The van der Waals surface area contributed by atoms with Crippen LogP contribution in [0.5, 0.6) is 0 Å². The number of piperidine rings is 1. The van der Waals surface area contributed by atoms with E-state index in [1.165, 1.54) is 4.90 Å². The second-order valence-electron chi connectivity index (χ2n) is 8.26. The number of aliphatic hydroxyl groups is 1. The first-order chi connectivity index (χ1) is 10.9.